The minimum atomic E-state index is 0.331. The zero-order valence-corrected chi connectivity index (χ0v) is 21.3. The summed E-state index contributed by atoms with van der Waals surface area (Å²) in [7, 11) is 0. The molecule has 0 aromatic heterocycles. The molecule has 1 aliphatic carbocycles. The smallest absolute Gasteiger partial charge is 0.138 e. The molecule has 0 aromatic carbocycles. The van der Waals surface area contributed by atoms with Gasteiger partial charge >= 0.3 is 0 Å². The van der Waals surface area contributed by atoms with E-state index in [0.717, 1.165) is 30.7 Å². The summed E-state index contributed by atoms with van der Waals surface area (Å²) in [6.45, 7) is 6.12. The highest BCUT2D eigenvalue weighted by molar-refractivity contribution is 5.82. The molecule has 4 aliphatic heterocycles. The highest BCUT2D eigenvalue weighted by Gasteiger charge is 2.48. The topological polar surface area (TPSA) is 23.6 Å². The van der Waals surface area contributed by atoms with Crippen molar-refractivity contribution in [3.05, 3.63) is 11.6 Å². The van der Waals surface area contributed by atoms with E-state index in [1.54, 1.807) is 5.57 Å². The number of ketones is 1. The average molecular weight is 455 g/mol. The number of piperidine rings is 2. The van der Waals surface area contributed by atoms with Crippen LogP contribution in [0.2, 0.25) is 0 Å². The summed E-state index contributed by atoms with van der Waals surface area (Å²) in [5.41, 5.74) is 1.76. The number of hydrogen-bond donors (Lipinski definition) is 0. The molecule has 33 heavy (non-hydrogen) atoms. The lowest BCUT2D eigenvalue weighted by molar-refractivity contribution is -0.135. The Bertz CT molecular complexity index is 672. The molecule has 0 amide bonds. The Morgan fingerprint density at radius 2 is 1.39 bits per heavy atom. The van der Waals surface area contributed by atoms with Crippen LogP contribution in [0.25, 0.3) is 0 Å². The van der Waals surface area contributed by atoms with Gasteiger partial charge in [0.15, 0.2) is 0 Å². The maximum atomic E-state index is 13.3. The normalized spacial score (nSPS) is 40.0. The fraction of sp³-hybridized carbons (Fsp3) is 0.900. The van der Waals surface area contributed by atoms with Crippen LogP contribution in [0, 0.1) is 23.7 Å². The minimum absolute atomic E-state index is 0.331. The van der Waals surface area contributed by atoms with Gasteiger partial charge in [-0.15, -0.1) is 0 Å². The summed E-state index contributed by atoms with van der Waals surface area (Å²) in [6.07, 6.45) is 25.5. The van der Waals surface area contributed by atoms with Crippen molar-refractivity contribution < 1.29 is 4.79 Å². The third-order valence-electron chi connectivity index (χ3n) is 10.1. The first kappa shape index (κ1) is 24.0. The number of carbonyl (C=O) groups is 1. The van der Waals surface area contributed by atoms with Gasteiger partial charge in [-0.3, -0.25) is 14.6 Å². The number of rotatable bonds is 0. The summed E-state index contributed by atoms with van der Waals surface area (Å²) >= 11 is 0. The lowest BCUT2D eigenvalue weighted by Crippen LogP contribution is -2.59. The van der Waals surface area contributed by atoms with Crippen molar-refractivity contribution in [3.63, 3.8) is 0 Å². The summed E-state index contributed by atoms with van der Waals surface area (Å²) in [6, 6.07) is 0.550. The monoisotopic (exact) mass is 454 g/mol. The lowest BCUT2D eigenvalue weighted by Gasteiger charge is -2.53. The average Bonchev–Trinajstić information content (AvgIpc) is 2.82. The van der Waals surface area contributed by atoms with E-state index in [-0.39, 0.29) is 0 Å². The summed E-state index contributed by atoms with van der Waals surface area (Å²) in [4.78, 5) is 18.9. The van der Waals surface area contributed by atoms with Gasteiger partial charge < -0.3 is 0 Å². The Hall–Kier alpha value is -0.670. The predicted molar refractivity (Wildman–Crippen MR) is 137 cm³/mol. The molecule has 0 N–H and O–H groups in total. The van der Waals surface area contributed by atoms with Crippen molar-refractivity contribution in [2.45, 2.75) is 115 Å². The molecule has 1 unspecified atom stereocenters. The molecule has 0 aromatic rings. The molecule has 5 rings (SSSR count). The van der Waals surface area contributed by atoms with Crippen LogP contribution in [0.4, 0.5) is 0 Å². The molecule has 3 fully saturated rings. The molecule has 5 aliphatic rings. The van der Waals surface area contributed by atoms with Gasteiger partial charge in [-0.2, -0.15) is 0 Å². The fourth-order valence-corrected chi connectivity index (χ4v) is 8.39. The number of nitrogens with zero attached hydrogens (tertiary/aromatic N) is 2. The molecule has 186 valence electrons. The quantitative estimate of drug-likeness (QED) is 0.384. The Labute approximate surface area is 203 Å². The second kappa shape index (κ2) is 11.8. The Kier molecular flexibility index (Phi) is 8.63. The second-order valence-electron chi connectivity index (χ2n) is 12.3. The highest BCUT2D eigenvalue weighted by Crippen LogP contribution is 2.45. The maximum absolute atomic E-state index is 13.3. The van der Waals surface area contributed by atoms with E-state index in [0.29, 0.717) is 17.7 Å². The van der Waals surface area contributed by atoms with Gasteiger partial charge in [-0.05, 0) is 69.4 Å². The minimum Gasteiger partial charge on any atom is -0.299 e. The van der Waals surface area contributed by atoms with Crippen LogP contribution in [0.1, 0.15) is 109 Å². The van der Waals surface area contributed by atoms with Crippen molar-refractivity contribution in [1.82, 2.24) is 9.80 Å². The molecule has 0 spiro atoms. The molecule has 3 heteroatoms. The van der Waals surface area contributed by atoms with Crippen molar-refractivity contribution in [2.75, 3.05) is 32.7 Å². The van der Waals surface area contributed by atoms with Gasteiger partial charge in [0, 0.05) is 38.0 Å². The number of fused-ring (bicyclic) bond motifs is 1. The lowest BCUT2D eigenvalue weighted by atomic mass is 9.64. The molecule has 3 nitrogen and oxygen atoms in total. The number of carbonyl (C=O) groups excluding carboxylic acids is 1. The summed E-state index contributed by atoms with van der Waals surface area (Å²) < 4.78 is 0. The van der Waals surface area contributed by atoms with Crippen LogP contribution < -0.4 is 0 Å². The first-order valence-corrected chi connectivity index (χ1v) is 15.0. The SMILES string of the molecule is O=C1CCN2CC[C@@H]3[C@@H]4CCCCCCCCCCN5CC(=C[C@@H]3C5)CCCCCC[C@@H]1[C@H]42. The van der Waals surface area contributed by atoms with Crippen molar-refractivity contribution >= 4 is 5.78 Å². The van der Waals surface area contributed by atoms with Gasteiger partial charge in [0.1, 0.15) is 5.78 Å². The summed E-state index contributed by atoms with van der Waals surface area (Å²) in [5, 5.41) is 0. The van der Waals surface area contributed by atoms with Gasteiger partial charge in [0.05, 0.1) is 0 Å². The molecule has 0 radical (unpaired) electrons. The molecule has 6 atom stereocenters. The zero-order valence-electron chi connectivity index (χ0n) is 21.3. The van der Waals surface area contributed by atoms with Gasteiger partial charge in [-0.1, -0.05) is 75.9 Å². The molecular weight excluding hydrogens is 404 g/mol. The molecular formula is C30H50N2O. The van der Waals surface area contributed by atoms with Crippen LogP contribution in [0.15, 0.2) is 11.6 Å². The maximum Gasteiger partial charge on any atom is 0.138 e. The molecule has 0 saturated carbocycles. The third-order valence-corrected chi connectivity index (χ3v) is 10.1. The van der Waals surface area contributed by atoms with Crippen molar-refractivity contribution in [2.24, 2.45) is 23.7 Å². The van der Waals surface area contributed by atoms with E-state index in [2.05, 4.69) is 15.9 Å². The first-order valence-electron chi connectivity index (χ1n) is 15.0. The van der Waals surface area contributed by atoms with Crippen LogP contribution >= 0.6 is 0 Å². The van der Waals surface area contributed by atoms with Crippen LogP contribution in [0.3, 0.4) is 0 Å². The summed E-state index contributed by atoms with van der Waals surface area (Å²) in [5.74, 6) is 3.20. The molecule has 4 heterocycles. The molecule has 3 saturated heterocycles. The molecule has 6 bridgehead atoms. The van der Waals surface area contributed by atoms with Crippen LogP contribution in [-0.4, -0.2) is 54.3 Å². The van der Waals surface area contributed by atoms with Gasteiger partial charge in [-0.25, -0.2) is 0 Å². The second-order valence-corrected chi connectivity index (χ2v) is 12.3. The highest BCUT2D eigenvalue weighted by atomic mass is 16.1. The zero-order chi connectivity index (χ0) is 22.5. The van der Waals surface area contributed by atoms with Crippen LogP contribution in [0.5, 0.6) is 0 Å². The standard InChI is InChI=1S/C30H50N2O/c33-29-17-20-32-19-16-26-25-21-24-13-9-6-7-11-15-28(29)30(32)27(26)14-10-5-3-1-2-4-8-12-18-31(22-24)23-25/h21,25-28,30H,1-20,22-23H2/t25-,26+,27+,28+,30+/m1/s1. The Morgan fingerprint density at radius 3 is 2.24 bits per heavy atom. The number of Topliss-reactive ketones (excluding diaryl/α,β-unsaturated/α-hetero) is 1. The number of hydrogen-bond acceptors (Lipinski definition) is 3. The fourth-order valence-electron chi connectivity index (χ4n) is 8.39. The predicted octanol–water partition coefficient (Wildman–Crippen LogP) is 6.62. The van der Waals surface area contributed by atoms with Gasteiger partial charge in [0.25, 0.3) is 0 Å². The van der Waals surface area contributed by atoms with E-state index >= 15 is 0 Å². The van der Waals surface area contributed by atoms with E-state index < -0.39 is 0 Å². The Balaban J connectivity index is 1.46. The van der Waals surface area contributed by atoms with E-state index in [1.807, 2.05) is 0 Å². The van der Waals surface area contributed by atoms with Crippen molar-refractivity contribution in [3.8, 4) is 0 Å². The third kappa shape index (κ3) is 5.95. The van der Waals surface area contributed by atoms with E-state index in [9.17, 15) is 4.79 Å². The van der Waals surface area contributed by atoms with Crippen LogP contribution in [-0.2, 0) is 4.79 Å². The van der Waals surface area contributed by atoms with E-state index in [1.165, 1.54) is 129 Å². The van der Waals surface area contributed by atoms with Crippen molar-refractivity contribution in [1.29, 1.82) is 0 Å². The van der Waals surface area contributed by atoms with Gasteiger partial charge in [0.2, 0.25) is 0 Å². The first-order chi connectivity index (χ1) is 16.3. The largest absolute Gasteiger partial charge is 0.299 e. The van der Waals surface area contributed by atoms with E-state index in [4.69, 9.17) is 0 Å². The Morgan fingerprint density at radius 1 is 0.667 bits per heavy atom.